The summed E-state index contributed by atoms with van der Waals surface area (Å²) >= 11 is 9.07. The first kappa shape index (κ1) is 9.68. The van der Waals surface area contributed by atoms with E-state index in [0.717, 1.165) is 21.7 Å². The highest BCUT2D eigenvalue weighted by atomic mass is 79.9. The van der Waals surface area contributed by atoms with E-state index in [1.807, 2.05) is 12.1 Å². The molecule has 1 N–H and O–H groups in total. The van der Waals surface area contributed by atoms with Gasteiger partial charge < -0.3 is 4.98 Å². The van der Waals surface area contributed by atoms with Gasteiger partial charge in [-0.25, -0.2) is 4.98 Å². The maximum absolute atomic E-state index is 5.66. The number of aromatic amines is 1. The molecule has 0 amide bonds. The van der Waals surface area contributed by atoms with Crippen molar-refractivity contribution in [1.29, 1.82) is 0 Å². The lowest BCUT2D eigenvalue weighted by atomic mass is 10.3. The third-order valence-electron chi connectivity index (χ3n) is 1.76. The van der Waals surface area contributed by atoms with Crippen molar-refractivity contribution >= 4 is 27.5 Å². The monoisotopic (exact) mass is 271 g/mol. The Balaban J connectivity index is 2.44. The predicted molar refractivity (Wildman–Crippen MR) is 59.1 cm³/mol. The minimum absolute atomic E-state index is 0.428. The largest absolute Gasteiger partial charge is 0.340 e. The lowest BCUT2D eigenvalue weighted by Gasteiger charge is -1.97. The van der Waals surface area contributed by atoms with Crippen LogP contribution in [0, 0.1) is 0 Å². The number of hydrogen-bond acceptors (Lipinski definition) is 2. The van der Waals surface area contributed by atoms with Crippen LogP contribution in [0.1, 0.15) is 5.69 Å². The second kappa shape index (κ2) is 4.11. The zero-order valence-corrected chi connectivity index (χ0v) is 9.51. The molecule has 0 unspecified atom stereocenters. The number of alkyl halides is 1. The molecule has 0 aromatic carbocycles. The van der Waals surface area contributed by atoms with Crippen LogP contribution in [0.2, 0.25) is 0 Å². The molecule has 2 aromatic rings. The summed E-state index contributed by atoms with van der Waals surface area (Å²) in [6, 6.07) is 3.78. The van der Waals surface area contributed by atoms with E-state index in [2.05, 4.69) is 30.9 Å². The van der Waals surface area contributed by atoms with E-state index in [-0.39, 0.29) is 0 Å². The number of nitrogens with zero attached hydrogens (tertiary/aromatic N) is 2. The average Bonchev–Trinajstić information content (AvgIpc) is 2.67. The van der Waals surface area contributed by atoms with Crippen molar-refractivity contribution in [2.75, 3.05) is 0 Å². The summed E-state index contributed by atoms with van der Waals surface area (Å²) in [5, 5.41) is 0. The van der Waals surface area contributed by atoms with E-state index in [1.54, 1.807) is 12.4 Å². The maximum Gasteiger partial charge on any atom is 0.157 e. The van der Waals surface area contributed by atoms with Gasteiger partial charge in [-0.15, -0.1) is 11.6 Å². The molecular weight excluding hydrogens is 265 g/mol. The minimum Gasteiger partial charge on any atom is -0.340 e. The van der Waals surface area contributed by atoms with Gasteiger partial charge in [0.2, 0.25) is 0 Å². The van der Waals surface area contributed by atoms with Crippen LogP contribution in [0.15, 0.2) is 29.0 Å². The number of imidazole rings is 1. The molecule has 0 spiro atoms. The molecule has 0 aliphatic carbocycles. The first-order valence-electron chi connectivity index (χ1n) is 4.02. The molecule has 14 heavy (non-hydrogen) atoms. The molecule has 3 nitrogen and oxygen atoms in total. The Morgan fingerprint density at radius 1 is 1.43 bits per heavy atom. The molecule has 0 bridgehead atoms. The standard InChI is InChI=1S/C9H7BrClN3/c10-7-2-1-3-12-8(7)9-13-5-6(4-11)14-9/h1-3,5H,4H2,(H,13,14). The molecule has 5 heteroatoms. The molecule has 72 valence electrons. The van der Waals surface area contributed by atoms with Gasteiger partial charge in [0.15, 0.2) is 5.82 Å². The van der Waals surface area contributed by atoms with E-state index in [0.29, 0.717) is 5.88 Å². The van der Waals surface area contributed by atoms with Gasteiger partial charge in [-0.3, -0.25) is 4.98 Å². The Labute approximate surface area is 94.7 Å². The molecule has 0 fully saturated rings. The van der Waals surface area contributed by atoms with Crippen molar-refractivity contribution in [3.63, 3.8) is 0 Å². The zero-order chi connectivity index (χ0) is 9.97. The Hall–Kier alpha value is -0.870. The van der Waals surface area contributed by atoms with Crippen LogP contribution in [0.25, 0.3) is 11.5 Å². The summed E-state index contributed by atoms with van der Waals surface area (Å²) in [6.45, 7) is 0. The minimum atomic E-state index is 0.428. The highest BCUT2D eigenvalue weighted by Gasteiger charge is 2.07. The first-order chi connectivity index (χ1) is 6.81. The number of pyridine rings is 1. The second-order valence-corrected chi connectivity index (χ2v) is 3.85. The third-order valence-corrected chi connectivity index (χ3v) is 2.68. The Bertz CT molecular complexity index is 441. The fraction of sp³-hybridized carbons (Fsp3) is 0.111. The highest BCUT2D eigenvalue weighted by Crippen LogP contribution is 2.22. The summed E-state index contributed by atoms with van der Waals surface area (Å²) in [7, 11) is 0. The van der Waals surface area contributed by atoms with Gasteiger partial charge in [0.25, 0.3) is 0 Å². The van der Waals surface area contributed by atoms with Gasteiger partial charge in [-0.05, 0) is 28.1 Å². The Morgan fingerprint density at radius 3 is 2.93 bits per heavy atom. The molecule has 0 aliphatic rings. The van der Waals surface area contributed by atoms with Crippen molar-refractivity contribution < 1.29 is 0 Å². The SMILES string of the molecule is ClCc1cnc(-c2ncccc2Br)[nH]1. The third kappa shape index (κ3) is 1.81. The van der Waals surface area contributed by atoms with Crippen molar-refractivity contribution in [1.82, 2.24) is 15.0 Å². The number of hydrogen-bond donors (Lipinski definition) is 1. The van der Waals surface area contributed by atoms with Gasteiger partial charge in [0.05, 0.1) is 5.88 Å². The molecule has 2 rings (SSSR count). The van der Waals surface area contributed by atoms with Gasteiger partial charge in [0.1, 0.15) is 5.69 Å². The van der Waals surface area contributed by atoms with E-state index < -0.39 is 0 Å². The topological polar surface area (TPSA) is 41.6 Å². The van der Waals surface area contributed by atoms with Crippen LogP contribution >= 0.6 is 27.5 Å². The molecule has 0 radical (unpaired) electrons. The number of rotatable bonds is 2. The summed E-state index contributed by atoms with van der Waals surface area (Å²) in [6.07, 6.45) is 3.44. The van der Waals surface area contributed by atoms with E-state index in [1.165, 1.54) is 0 Å². The van der Waals surface area contributed by atoms with Crippen LogP contribution in [0.5, 0.6) is 0 Å². The van der Waals surface area contributed by atoms with E-state index in [9.17, 15) is 0 Å². The van der Waals surface area contributed by atoms with Crippen molar-refractivity contribution in [2.45, 2.75) is 5.88 Å². The Morgan fingerprint density at radius 2 is 2.29 bits per heavy atom. The van der Waals surface area contributed by atoms with Crippen LogP contribution in [-0.4, -0.2) is 15.0 Å². The van der Waals surface area contributed by atoms with E-state index in [4.69, 9.17) is 11.6 Å². The average molecular weight is 273 g/mol. The lowest BCUT2D eigenvalue weighted by Crippen LogP contribution is -1.86. The molecule has 0 saturated heterocycles. The second-order valence-electron chi connectivity index (χ2n) is 2.72. The fourth-order valence-corrected chi connectivity index (χ4v) is 1.69. The van der Waals surface area contributed by atoms with Crippen molar-refractivity contribution in [3.8, 4) is 11.5 Å². The summed E-state index contributed by atoms with van der Waals surface area (Å²) in [5.41, 5.74) is 1.68. The summed E-state index contributed by atoms with van der Waals surface area (Å²) in [5.74, 6) is 1.16. The van der Waals surface area contributed by atoms with Gasteiger partial charge in [-0.1, -0.05) is 0 Å². The Kier molecular flexibility index (Phi) is 2.84. The van der Waals surface area contributed by atoms with Crippen LogP contribution in [0.4, 0.5) is 0 Å². The van der Waals surface area contributed by atoms with Crippen molar-refractivity contribution in [2.24, 2.45) is 0 Å². The molecule has 2 heterocycles. The van der Waals surface area contributed by atoms with Gasteiger partial charge in [0, 0.05) is 22.6 Å². The van der Waals surface area contributed by atoms with Crippen LogP contribution in [-0.2, 0) is 5.88 Å². The lowest BCUT2D eigenvalue weighted by molar-refractivity contribution is 1.18. The molecule has 0 saturated carbocycles. The number of aromatic nitrogens is 3. The maximum atomic E-state index is 5.66. The van der Waals surface area contributed by atoms with Crippen LogP contribution < -0.4 is 0 Å². The van der Waals surface area contributed by atoms with E-state index >= 15 is 0 Å². The molecule has 2 aromatic heterocycles. The summed E-state index contributed by atoms with van der Waals surface area (Å²) < 4.78 is 0.912. The fourth-order valence-electron chi connectivity index (χ4n) is 1.11. The number of nitrogens with one attached hydrogen (secondary N) is 1. The quantitative estimate of drug-likeness (QED) is 0.854. The van der Waals surface area contributed by atoms with Gasteiger partial charge in [-0.2, -0.15) is 0 Å². The molecular formula is C9H7BrClN3. The summed E-state index contributed by atoms with van der Waals surface area (Å²) in [4.78, 5) is 11.5. The number of halogens is 2. The molecule has 0 atom stereocenters. The van der Waals surface area contributed by atoms with Crippen LogP contribution in [0.3, 0.4) is 0 Å². The zero-order valence-electron chi connectivity index (χ0n) is 7.17. The van der Waals surface area contributed by atoms with Gasteiger partial charge >= 0.3 is 0 Å². The molecule has 0 aliphatic heterocycles. The number of H-pyrrole nitrogens is 1. The first-order valence-corrected chi connectivity index (χ1v) is 5.34. The predicted octanol–water partition coefficient (Wildman–Crippen LogP) is 2.97. The smallest absolute Gasteiger partial charge is 0.157 e. The highest BCUT2D eigenvalue weighted by molar-refractivity contribution is 9.10. The van der Waals surface area contributed by atoms with Crippen molar-refractivity contribution in [3.05, 3.63) is 34.7 Å². The normalized spacial score (nSPS) is 10.4.